The molecule has 0 spiro atoms. The van der Waals surface area contributed by atoms with Gasteiger partial charge in [-0.05, 0) is 36.0 Å². The quantitative estimate of drug-likeness (QED) is 0.719. The molecule has 94 valence electrons. The number of benzene rings is 1. The standard InChI is InChI=1S/C16H15N3/c1-2-10-4-3-5-12-13-7-6-11-8-17-9-18-15(11)16(13)19-14(10)12/h3-5,8-9,19H,2,6-7H2,1H3. The number of aromatic nitrogens is 3. The fourth-order valence-electron chi connectivity index (χ4n) is 3.12. The predicted octanol–water partition coefficient (Wildman–Crippen LogP) is 3.29. The number of nitrogens with zero attached hydrogens (tertiary/aromatic N) is 2. The van der Waals surface area contributed by atoms with Gasteiger partial charge in [0.2, 0.25) is 0 Å². The minimum Gasteiger partial charge on any atom is -0.353 e. The molecule has 2 heterocycles. The molecule has 0 atom stereocenters. The third-order valence-electron chi connectivity index (χ3n) is 4.08. The smallest absolute Gasteiger partial charge is 0.116 e. The first-order valence-electron chi connectivity index (χ1n) is 6.80. The molecular weight excluding hydrogens is 234 g/mol. The second-order valence-electron chi connectivity index (χ2n) is 5.07. The number of nitrogens with one attached hydrogen (secondary N) is 1. The van der Waals surface area contributed by atoms with Crippen LogP contribution in [0, 0.1) is 0 Å². The lowest BCUT2D eigenvalue weighted by atomic mass is 9.93. The summed E-state index contributed by atoms with van der Waals surface area (Å²) in [5.41, 5.74) is 7.59. The van der Waals surface area contributed by atoms with Gasteiger partial charge in [0.25, 0.3) is 0 Å². The van der Waals surface area contributed by atoms with Crippen molar-refractivity contribution >= 4 is 10.9 Å². The Morgan fingerprint density at radius 1 is 1.26 bits per heavy atom. The molecule has 0 radical (unpaired) electrons. The van der Waals surface area contributed by atoms with E-state index in [9.17, 15) is 0 Å². The Labute approximate surface area is 111 Å². The van der Waals surface area contributed by atoms with Crippen molar-refractivity contribution in [3.05, 3.63) is 47.4 Å². The van der Waals surface area contributed by atoms with Gasteiger partial charge in [-0.2, -0.15) is 0 Å². The van der Waals surface area contributed by atoms with Crippen molar-refractivity contribution in [2.75, 3.05) is 0 Å². The van der Waals surface area contributed by atoms with Crippen LogP contribution in [0.1, 0.15) is 23.6 Å². The van der Waals surface area contributed by atoms with Crippen molar-refractivity contribution in [1.82, 2.24) is 15.0 Å². The number of H-pyrrole nitrogens is 1. The lowest BCUT2D eigenvalue weighted by Gasteiger charge is -2.14. The maximum Gasteiger partial charge on any atom is 0.116 e. The van der Waals surface area contributed by atoms with Crippen molar-refractivity contribution in [2.45, 2.75) is 26.2 Å². The average Bonchev–Trinajstić information content (AvgIpc) is 2.86. The maximum absolute atomic E-state index is 4.47. The SMILES string of the molecule is CCc1cccc2c3c([nH]c12)-c1ncncc1CC3. The molecule has 0 unspecified atom stereocenters. The lowest BCUT2D eigenvalue weighted by molar-refractivity contribution is 0.913. The second kappa shape index (κ2) is 3.92. The molecule has 0 fully saturated rings. The van der Waals surface area contributed by atoms with Gasteiger partial charge in [-0.1, -0.05) is 25.1 Å². The Hall–Kier alpha value is -2.16. The van der Waals surface area contributed by atoms with E-state index in [2.05, 4.69) is 40.1 Å². The lowest BCUT2D eigenvalue weighted by Crippen LogP contribution is -2.05. The van der Waals surface area contributed by atoms with Crippen molar-refractivity contribution in [2.24, 2.45) is 0 Å². The van der Waals surface area contributed by atoms with Crippen molar-refractivity contribution < 1.29 is 0 Å². The third kappa shape index (κ3) is 1.44. The van der Waals surface area contributed by atoms with Gasteiger partial charge >= 0.3 is 0 Å². The molecule has 4 rings (SSSR count). The number of para-hydroxylation sites is 1. The van der Waals surface area contributed by atoms with E-state index in [0.717, 1.165) is 25.0 Å². The Bertz CT molecular complexity index is 771. The molecular formula is C16H15N3. The Morgan fingerprint density at radius 2 is 2.21 bits per heavy atom. The zero-order valence-corrected chi connectivity index (χ0v) is 10.9. The number of fused-ring (bicyclic) bond motifs is 5. The monoisotopic (exact) mass is 249 g/mol. The van der Waals surface area contributed by atoms with Crippen LogP contribution in [-0.2, 0) is 19.3 Å². The summed E-state index contributed by atoms with van der Waals surface area (Å²) in [6, 6.07) is 6.58. The molecule has 0 saturated carbocycles. The van der Waals surface area contributed by atoms with Gasteiger partial charge in [0.1, 0.15) is 6.33 Å². The Kier molecular flexibility index (Phi) is 2.21. The van der Waals surface area contributed by atoms with Crippen LogP contribution in [0.15, 0.2) is 30.7 Å². The summed E-state index contributed by atoms with van der Waals surface area (Å²) in [5.74, 6) is 0. The summed E-state index contributed by atoms with van der Waals surface area (Å²) in [6.45, 7) is 2.20. The Balaban J connectivity index is 2.07. The fourth-order valence-corrected chi connectivity index (χ4v) is 3.12. The number of hydrogen-bond acceptors (Lipinski definition) is 2. The van der Waals surface area contributed by atoms with E-state index in [1.807, 2.05) is 6.20 Å². The van der Waals surface area contributed by atoms with E-state index < -0.39 is 0 Å². The van der Waals surface area contributed by atoms with Crippen molar-refractivity contribution in [3.63, 3.8) is 0 Å². The van der Waals surface area contributed by atoms with Crippen LogP contribution >= 0.6 is 0 Å². The van der Waals surface area contributed by atoms with Crippen LogP contribution in [-0.4, -0.2) is 15.0 Å². The molecule has 0 bridgehead atoms. The number of aryl methyl sites for hydroxylation is 3. The van der Waals surface area contributed by atoms with Crippen LogP contribution < -0.4 is 0 Å². The number of hydrogen-bond donors (Lipinski definition) is 1. The van der Waals surface area contributed by atoms with Crippen molar-refractivity contribution in [1.29, 1.82) is 0 Å². The highest BCUT2D eigenvalue weighted by Gasteiger charge is 2.22. The first-order chi connectivity index (χ1) is 9.38. The first-order valence-corrected chi connectivity index (χ1v) is 6.80. The summed E-state index contributed by atoms with van der Waals surface area (Å²) >= 11 is 0. The Morgan fingerprint density at radius 3 is 3.11 bits per heavy atom. The molecule has 1 N–H and O–H groups in total. The second-order valence-corrected chi connectivity index (χ2v) is 5.07. The third-order valence-corrected chi connectivity index (χ3v) is 4.08. The topological polar surface area (TPSA) is 41.6 Å². The van der Waals surface area contributed by atoms with E-state index in [1.165, 1.54) is 33.3 Å². The van der Waals surface area contributed by atoms with Crippen LogP contribution in [0.3, 0.4) is 0 Å². The van der Waals surface area contributed by atoms with Gasteiger partial charge in [0, 0.05) is 17.1 Å². The summed E-state index contributed by atoms with van der Waals surface area (Å²) in [7, 11) is 0. The van der Waals surface area contributed by atoms with E-state index in [4.69, 9.17) is 0 Å². The number of aromatic amines is 1. The molecule has 0 aliphatic heterocycles. The highest BCUT2D eigenvalue weighted by atomic mass is 14.9. The molecule has 19 heavy (non-hydrogen) atoms. The molecule has 2 aromatic heterocycles. The van der Waals surface area contributed by atoms with E-state index in [-0.39, 0.29) is 0 Å². The molecule has 1 aliphatic carbocycles. The van der Waals surface area contributed by atoms with Gasteiger partial charge in [0.05, 0.1) is 11.4 Å². The van der Waals surface area contributed by atoms with Gasteiger partial charge < -0.3 is 4.98 Å². The van der Waals surface area contributed by atoms with E-state index in [0.29, 0.717) is 0 Å². The minimum atomic E-state index is 1.03. The largest absolute Gasteiger partial charge is 0.353 e. The zero-order chi connectivity index (χ0) is 12.8. The molecule has 3 nitrogen and oxygen atoms in total. The van der Waals surface area contributed by atoms with Crippen LogP contribution in [0.4, 0.5) is 0 Å². The summed E-state index contributed by atoms with van der Waals surface area (Å²) in [6.07, 6.45) is 6.74. The van der Waals surface area contributed by atoms with Gasteiger partial charge in [0.15, 0.2) is 0 Å². The molecule has 3 heteroatoms. The van der Waals surface area contributed by atoms with Gasteiger partial charge in [-0.15, -0.1) is 0 Å². The summed E-state index contributed by atoms with van der Waals surface area (Å²) in [5, 5.41) is 1.36. The fraction of sp³-hybridized carbons (Fsp3) is 0.250. The summed E-state index contributed by atoms with van der Waals surface area (Å²) in [4.78, 5) is 12.2. The van der Waals surface area contributed by atoms with Crippen molar-refractivity contribution in [3.8, 4) is 11.4 Å². The molecule has 0 saturated heterocycles. The van der Waals surface area contributed by atoms with Gasteiger partial charge in [-0.3, -0.25) is 0 Å². The minimum absolute atomic E-state index is 1.03. The van der Waals surface area contributed by atoms with E-state index in [1.54, 1.807) is 6.33 Å². The van der Waals surface area contributed by atoms with Crippen LogP contribution in [0.2, 0.25) is 0 Å². The molecule has 3 aromatic rings. The highest BCUT2D eigenvalue weighted by molar-refractivity contribution is 5.93. The molecule has 1 aromatic carbocycles. The van der Waals surface area contributed by atoms with Crippen LogP contribution in [0.25, 0.3) is 22.3 Å². The maximum atomic E-state index is 4.47. The predicted molar refractivity (Wildman–Crippen MR) is 76.1 cm³/mol. The first kappa shape index (κ1) is 10.7. The number of rotatable bonds is 1. The zero-order valence-electron chi connectivity index (χ0n) is 10.9. The molecule has 0 amide bonds. The van der Waals surface area contributed by atoms with Crippen LogP contribution in [0.5, 0.6) is 0 Å². The average molecular weight is 249 g/mol. The normalized spacial score (nSPS) is 13.3. The van der Waals surface area contributed by atoms with Gasteiger partial charge in [-0.25, -0.2) is 9.97 Å². The summed E-state index contributed by atoms with van der Waals surface area (Å²) < 4.78 is 0. The highest BCUT2D eigenvalue weighted by Crippen LogP contribution is 2.36. The molecule has 1 aliphatic rings. The van der Waals surface area contributed by atoms with E-state index >= 15 is 0 Å².